The highest BCUT2D eigenvalue weighted by Gasteiger charge is 2.35. The third-order valence-corrected chi connectivity index (χ3v) is 3.83. The molecule has 0 aromatic carbocycles. The molecule has 9 heteroatoms. The lowest BCUT2D eigenvalue weighted by Crippen LogP contribution is -2.41. The molecule has 25 heavy (non-hydrogen) atoms. The van der Waals surface area contributed by atoms with Crippen molar-refractivity contribution >= 4 is 17.6 Å². The van der Waals surface area contributed by atoms with Gasteiger partial charge in [0.15, 0.2) is 0 Å². The number of nitrogens with one attached hydrogen (secondary N) is 2. The topological polar surface area (TPSA) is 110 Å². The van der Waals surface area contributed by atoms with Gasteiger partial charge in [-0.25, -0.2) is 9.78 Å². The molecule has 1 aliphatic rings. The Morgan fingerprint density at radius 2 is 2.24 bits per heavy atom. The van der Waals surface area contributed by atoms with Crippen LogP contribution >= 0.6 is 0 Å². The Balaban J connectivity index is 2.46. The summed E-state index contributed by atoms with van der Waals surface area (Å²) in [6, 6.07) is 1.08. The minimum atomic E-state index is -0.637. The summed E-state index contributed by atoms with van der Waals surface area (Å²) in [6.45, 7) is 6.99. The lowest BCUT2D eigenvalue weighted by molar-refractivity contribution is -0.385. The molecule has 1 aliphatic heterocycles. The van der Waals surface area contributed by atoms with Crippen molar-refractivity contribution in [3.8, 4) is 0 Å². The van der Waals surface area contributed by atoms with Crippen molar-refractivity contribution in [2.24, 2.45) is 0 Å². The quantitative estimate of drug-likeness (QED) is 0.635. The maximum atomic E-state index is 12.7. The Hall–Kier alpha value is -2.42. The summed E-state index contributed by atoms with van der Waals surface area (Å²) in [6.07, 6.45) is 1.78. The summed E-state index contributed by atoms with van der Waals surface area (Å²) >= 11 is 0. The Kier molecular flexibility index (Phi) is 5.78. The number of amides is 1. The minimum absolute atomic E-state index is 0.118. The zero-order chi connectivity index (χ0) is 18.6. The van der Waals surface area contributed by atoms with E-state index in [0.29, 0.717) is 18.7 Å². The van der Waals surface area contributed by atoms with Crippen LogP contribution in [0.25, 0.3) is 0 Å². The molecule has 2 N–H and O–H groups in total. The van der Waals surface area contributed by atoms with E-state index in [9.17, 15) is 14.9 Å². The van der Waals surface area contributed by atoms with Crippen molar-refractivity contribution in [3.05, 3.63) is 27.9 Å². The van der Waals surface area contributed by atoms with Gasteiger partial charge in [-0.05, 0) is 39.8 Å². The number of carbonyl (C=O) groups is 1. The van der Waals surface area contributed by atoms with E-state index in [1.165, 1.54) is 6.20 Å². The summed E-state index contributed by atoms with van der Waals surface area (Å²) in [7, 11) is 1.58. The van der Waals surface area contributed by atoms with Crippen molar-refractivity contribution in [1.82, 2.24) is 15.2 Å². The summed E-state index contributed by atoms with van der Waals surface area (Å²) < 4.78 is 5.50. The van der Waals surface area contributed by atoms with E-state index in [4.69, 9.17) is 4.74 Å². The third kappa shape index (κ3) is 4.56. The molecule has 1 fully saturated rings. The molecule has 9 nitrogen and oxygen atoms in total. The first kappa shape index (κ1) is 18.9. The van der Waals surface area contributed by atoms with E-state index in [-0.39, 0.29) is 11.5 Å². The molecule has 1 amide bonds. The van der Waals surface area contributed by atoms with E-state index < -0.39 is 22.7 Å². The first-order valence-corrected chi connectivity index (χ1v) is 8.26. The van der Waals surface area contributed by atoms with E-state index in [2.05, 4.69) is 15.6 Å². The Morgan fingerprint density at radius 1 is 1.52 bits per heavy atom. The van der Waals surface area contributed by atoms with Crippen LogP contribution in [0.15, 0.2) is 12.3 Å². The van der Waals surface area contributed by atoms with E-state index in [0.717, 1.165) is 13.0 Å². The summed E-state index contributed by atoms with van der Waals surface area (Å²) in [5, 5.41) is 17.6. The Labute approximate surface area is 146 Å². The molecule has 1 saturated heterocycles. The maximum Gasteiger partial charge on any atom is 0.410 e. The zero-order valence-corrected chi connectivity index (χ0v) is 15.0. The largest absolute Gasteiger partial charge is 0.444 e. The van der Waals surface area contributed by atoms with Crippen molar-refractivity contribution in [2.75, 3.05) is 32.0 Å². The van der Waals surface area contributed by atoms with Crippen molar-refractivity contribution < 1.29 is 14.5 Å². The fourth-order valence-corrected chi connectivity index (χ4v) is 2.81. The number of pyridine rings is 1. The van der Waals surface area contributed by atoms with Crippen LogP contribution in [0.3, 0.4) is 0 Å². The van der Waals surface area contributed by atoms with Gasteiger partial charge < -0.3 is 15.4 Å². The molecule has 0 radical (unpaired) electrons. The molecule has 0 aliphatic carbocycles. The van der Waals surface area contributed by atoms with Crippen LogP contribution in [0.1, 0.15) is 38.8 Å². The van der Waals surface area contributed by atoms with E-state index >= 15 is 0 Å². The molecule has 0 spiro atoms. The Morgan fingerprint density at radius 3 is 2.84 bits per heavy atom. The highest BCUT2D eigenvalue weighted by atomic mass is 16.6. The standard InChI is InChI=1S/C16H25N5O4/c1-16(2,3)25-15(22)20-9-5-7-18-10-12(20)11-6-8-19-14(17-4)13(11)21(23)24/h6,8,12,18H,5,7,9-10H2,1-4H3,(H,17,19). The van der Waals surface area contributed by atoms with E-state index in [1.54, 1.807) is 38.8 Å². The number of hydrogen-bond donors (Lipinski definition) is 2. The van der Waals surface area contributed by atoms with Crippen LogP contribution in [-0.2, 0) is 4.74 Å². The van der Waals surface area contributed by atoms with Gasteiger partial charge in [-0.1, -0.05) is 0 Å². The molecule has 138 valence electrons. The summed E-state index contributed by atoms with van der Waals surface area (Å²) in [5.74, 6) is 0.177. The molecule has 2 heterocycles. The van der Waals surface area contributed by atoms with Crippen LogP contribution < -0.4 is 10.6 Å². The first-order chi connectivity index (χ1) is 11.7. The van der Waals surface area contributed by atoms with Crippen LogP contribution in [-0.4, -0.2) is 53.2 Å². The highest BCUT2D eigenvalue weighted by Crippen LogP contribution is 2.34. The van der Waals surface area contributed by atoms with Gasteiger partial charge in [0, 0.05) is 26.3 Å². The highest BCUT2D eigenvalue weighted by molar-refractivity contribution is 5.70. The van der Waals surface area contributed by atoms with E-state index in [1.807, 2.05) is 0 Å². The average molecular weight is 351 g/mol. The maximum absolute atomic E-state index is 12.7. The second kappa shape index (κ2) is 7.64. The second-order valence-electron chi connectivity index (χ2n) is 6.85. The SMILES string of the molecule is CNc1nccc(C2CNCCCN2C(=O)OC(C)(C)C)c1[N+](=O)[O-]. The van der Waals surface area contributed by atoms with Gasteiger partial charge in [-0.3, -0.25) is 15.0 Å². The molecule has 0 saturated carbocycles. The van der Waals surface area contributed by atoms with Crippen LogP contribution in [0.2, 0.25) is 0 Å². The predicted molar refractivity (Wildman–Crippen MR) is 93.6 cm³/mol. The summed E-state index contributed by atoms with van der Waals surface area (Å²) in [5.41, 5.74) is -0.321. The minimum Gasteiger partial charge on any atom is -0.444 e. The summed E-state index contributed by atoms with van der Waals surface area (Å²) in [4.78, 5) is 29.4. The smallest absolute Gasteiger partial charge is 0.410 e. The Bertz CT molecular complexity index is 644. The number of nitrogens with zero attached hydrogens (tertiary/aromatic N) is 3. The number of ether oxygens (including phenoxy) is 1. The van der Waals surface area contributed by atoms with Gasteiger partial charge in [0.2, 0.25) is 5.82 Å². The van der Waals surface area contributed by atoms with Gasteiger partial charge >= 0.3 is 11.8 Å². The number of aromatic nitrogens is 1. The second-order valence-corrected chi connectivity index (χ2v) is 6.85. The van der Waals surface area contributed by atoms with Crippen LogP contribution in [0.4, 0.5) is 16.3 Å². The fraction of sp³-hybridized carbons (Fsp3) is 0.625. The third-order valence-electron chi connectivity index (χ3n) is 3.83. The van der Waals surface area contributed by atoms with Crippen LogP contribution in [0.5, 0.6) is 0 Å². The van der Waals surface area contributed by atoms with Gasteiger partial charge in [0.05, 0.1) is 16.5 Å². The fourth-order valence-electron chi connectivity index (χ4n) is 2.81. The van der Waals surface area contributed by atoms with Crippen molar-refractivity contribution in [1.29, 1.82) is 0 Å². The zero-order valence-electron chi connectivity index (χ0n) is 15.0. The number of carbonyl (C=O) groups excluding carboxylic acids is 1. The van der Waals surface area contributed by atoms with Gasteiger partial charge in [0.25, 0.3) is 0 Å². The molecule has 1 atom stereocenters. The molecule has 1 aromatic heterocycles. The number of hydrogen-bond acceptors (Lipinski definition) is 7. The lowest BCUT2D eigenvalue weighted by atomic mass is 10.0. The van der Waals surface area contributed by atoms with Crippen molar-refractivity contribution in [3.63, 3.8) is 0 Å². The van der Waals surface area contributed by atoms with Gasteiger partial charge in [-0.15, -0.1) is 0 Å². The molecule has 0 bridgehead atoms. The molecule has 1 unspecified atom stereocenters. The van der Waals surface area contributed by atoms with Crippen molar-refractivity contribution in [2.45, 2.75) is 38.8 Å². The first-order valence-electron chi connectivity index (χ1n) is 8.26. The monoisotopic (exact) mass is 351 g/mol. The van der Waals surface area contributed by atoms with Gasteiger partial charge in [-0.2, -0.15) is 0 Å². The molecule has 1 aromatic rings. The predicted octanol–water partition coefficient (Wildman–Crippen LogP) is 2.30. The molecule has 2 rings (SSSR count). The molecular formula is C16H25N5O4. The number of nitro groups is 1. The van der Waals surface area contributed by atoms with Gasteiger partial charge in [0.1, 0.15) is 5.60 Å². The van der Waals surface area contributed by atoms with Crippen LogP contribution in [0, 0.1) is 10.1 Å². The average Bonchev–Trinajstić information content (AvgIpc) is 2.78. The molecular weight excluding hydrogens is 326 g/mol. The number of rotatable bonds is 3. The lowest BCUT2D eigenvalue weighted by Gasteiger charge is -2.32. The number of anilines is 1. The normalized spacial score (nSPS) is 18.4.